The molecule has 1 aliphatic heterocycles. The van der Waals surface area contributed by atoms with Crippen LogP contribution in [0.2, 0.25) is 0 Å². The summed E-state index contributed by atoms with van der Waals surface area (Å²) in [5.74, 6) is 0.542. The molecule has 0 radical (unpaired) electrons. The predicted octanol–water partition coefficient (Wildman–Crippen LogP) is 5.32. The third-order valence-electron chi connectivity index (χ3n) is 6.66. The van der Waals surface area contributed by atoms with Crippen molar-refractivity contribution in [3.63, 3.8) is 0 Å². The molecule has 7 heteroatoms. The van der Waals surface area contributed by atoms with Gasteiger partial charge in [-0.3, -0.25) is 9.10 Å². The number of rotatable bonds is 7. The standard InChI is InChI=1S/C27H30N2O4S/c1-4-27(5-2)19-24(23-16-9-10-17-25(23)33-27)28-26(30)20-12-11-13-21(18-20)29(3)34(31,32)22-14-7-6-8-15-22/h6-18,24H,4-5,19H2,1-3H3,(H,28,30)/t24-/m1/s1. The van der Waals surface area contributed by atoms with Gasteiger partial charge >= 0.3 is 0 Å². The van der Waals surface area contributed by atoms with Crippen molar-refractivity contribution in [2.45, 2.75) is 49.6 Å². The summed E-state index contributed by atoms with van der Waals surface area (Å²) in [4.78, 5) is 13.5. The maximum atomic E-state index is 13.3. The van der Waals surface area contributed by atoms with Gasteiger partial charge in [0.15, 0.2) is 0 Å². The van der Waals surface area contributed by atoms with Crippen LogP contribution in [0.25, 0.3) is 0 Å². The van der Waals surface area contributed by atoms with E-state index >= 15 is 0 Å². The quantitative estimate of drug-likeness (QED) is 0.498. The summed E-state index contributed by atoms with van der Waals surface area (Å²) in [6, 6.07) is 22.5. The number of sulfonamides is 1. The second-order valence-electron chi connectivity index (χ2n) is 8.60. The Kier molecular flexibility index (Phi) is 6.66. The predicted molar refractivity (Wildman–Crippen MR) is 134 cm³/mol. The van der Waals surface area contributed by atoms with E-state index in [2.05, 4.69) is 19.2 Å². The molecule has 0 fully saturated rings. The van der Waals surface area contributed by atoms with Crippen molar-refractivity contribution in [2.24, 2.45) is 0 Å². The highest BCUT2D eigenvalue weighted by Crippen LogP contribution is 2.42. The van der Waals surface area contributed by atoms with Crippen molar-refractivity contribution < 1.29 is 17.9 Å². The molecule has 0 saturated heterocycles. The van der Waals surface area contributed by atoms with E-state index in [4.69, 9.17) is 4.74 Å². The van der Waals surface area contributed by atoms with Gasteiger partial charge in [-0.05, 0) is 49.2 Å². The average Bonchev–Trinajstić information content (AvgIpc) is 2.88. The monoisotopic (exact) mass is 478 g/mol. The maximum Gasteiger partial charge on any atom is 0.264 e. The van der Waals surface area contributed by atoms with Crippen molar-refractivity contribution >= 4 is 21.6 Å². The smallest absolute Gasteiger partial charge is 0.264 e. The number of nitrogens with zero attached hydrogens (tertiary/aromatic N) is 1. The second kappa shape index (κ2) is 9.50. The molecule has 1 N–H and O–H groups in total. The summed E-state index contributed by atoms with van der Waals surface area (Å²) in [6.07, 6.45) is 2.34. The third-order valence-corrected chi connectivity index (χ3v) is 8.46. The number of benzene rings is 3. The van der Waals surface area contributed by atoms with E-state index in [-0.39, 0.29) is 22.4 Å². The number of carbonyl (C=O) groups excluding carboxylic acids is 1. The van der Waals surface area contributed by atoms with Crippen LogP contribution in [0.4, 0.5) is 5.69 Å². The van der Waals surface area contributed by atoms with E-state index in [0.717, 1.165) is 24.2 Å². The van der Waals surface area contributed by atoms with Crippen LogP contribution in [-0.2, 0) is 10.0 Å². The third kappa shape index (κ3) is 4.53. The van der Waals surface area contributed by atoms with E-state index in [1.807, 2.05) is 24.3 Å². The highest BCUT2D eigenvalue weighted by Gasteiger charge is 2.39. The molecule has 3 aromatic rings. The van der Waals surface area contributed by atoms with Crippen molar-refractivity contribution in [2.75, 3.05) is 11.4 Å². The van der Waals surface area contributed by atoms with Crippen molar-refractivity contribution in [1.82, 2.24) is 5.32 Å². The lowest BCUT2D eigenvalue weighted by molar-refractivity contribution is 0.0227. The zero-order valence-electron chi connectivity index (χ0n) is 19.7. The van der Waals surface area contributed by atoms with Crippen LogP contribution in [0.3, 0.4) is 0 Å². The number of nitrogens with one attached hydrogen (secondary N) is 1. The van der Waals surface area contributed by atoms with Gasteiger partial charge in [-0.2, -0.15) is 0 Å². The molecule has 0 spiro atoms. The molecule has 0 bridgehead atoms. The highest BCUT2D eigenvalue weighted by atomic mass is 32.2. The topological polar surface area (TPSA) is 75.7 Å². The number of carbonyl (C=O) groups is 1. The fraction of sp³-hybridized carbons (Fsp3) is 0.296. The second-order valence-corrected chi connectivity index (χ2v) is 10.6. The summed E-state index contributed by atoms with van der Waals surface area (Å²) in [5, 5.41) is 3.16. The lowest BCUT2D eigenvalue weighted by Gasteiger charge is -2.41. The Labute approximate surface area is 201 Å². The van der Waals surface area contributed by atoms with Gasteiger partial charge in [-0.25, -0.2) is 8.42 Å². The Morgan fingerprint density at radius 2 is 1.68 bits per heavy atom. The van der Waals surface area contributed by atoms with Crippen LogP contribution in [-0.4, -0.2) is 27.0 Å². The lowest BCUT2D eigenvalue weighted by Crippen LogP contribution is -2.44. The maximum absolute atomic E-state index is 13.3. The molecular weight excluding hydrogens is 448 g/mol. The first-order valence-electron chi connectivity index (χ1n) is 11.5. The number of ether oxygens (including phenoxy) is 1. The van der Waals surface area contributed by atoms with Crippen LogP contribution in [0.15, 0.2) is 83.8 Å². The van der Waals surface area contributed by atoms with Crippen LogP contribution < -0.4 is 14.4 Å². The summed E-state index contributed by atoms with van der Waals surface area (Å²) in [5.41, 5.74) is 1.43. The Bertz CT molecular complexity index is 1270. The molecule has 1 atom stereocenters. The number of para-hydroxylation sites is 1. The van der Waals surface area contributed by atoms with E-state index in [9.17, 15) is 13.2 Å². The summed E-state index contributed by atoms with van der Waals surface area (Å²) >= 11 is 0. The molecular formula is C27H30N2O4S. The zero-order valence-corrected chi connectivity index (χ0v) is 20.5. The van der Waals surface area contributed by atoms with E-state index in [1.165, 1.54) is 11.4 Å². The molecule has 6 nitrogen and oxygen atoms in total. The minimum absolute atomic E-state index is 0.196. The highest BCUT2D eigenvalue weighted by molar-refractivity contribution is 7.92. The molecule has 1 aliphatic rings. The molecule has 34 heavy (non-hydrogen) atoms. The van der Waals surface area contributed by atoms with E-state index < -0.39 is 10.0 Å². The van der Waals surface area contributed by atoms with Crippen molar-refractivity contribution in [3.05, 3.63) is 90.0 Å². The first-order chi connectivity index (χ1) is 16.3. The Balaban J connectivity index is 1.60. The first kappa shape index (κ1) is 23.8. The van der Waals surface area contributed by atoms with Gasteiger partial charge in [0.2, 0.25) is 0 Å². The number of anilines is 1. The molecule has 178 valence electrons. The SMILES string of the molecule is CCC1(CC)C[C@@H](NC(=O)c2cccc(N(C)S(=O)(=O)c3ccccc3)c2)c2ccccc2O1. The van der Waals surface area contributed by atoms with E-state index in [1.54, 1.807) is 54.6 Å². The number of amides is 1. The average molecular weight is 479 g/mol. The Morgan fingerprint density at radius 3 is 2.38 bits per heavy atom. The minimum Gasteiger partial charge on any atom is -0.487 e. The Hall–Kier alpha value is -3.32. The molecule has 0 aromatic heterocycles. The zero-order chi connectivity index (χ0) is 24.3. The van der Waals surface area contributed by atoms with Crippen LogP contribution in [0.1, 0.15) is 55.1 Å². The summed E-state index contributed by atoms with van der Waals surface area (Å²) in [7, 11) is -2.25. The largest absolute Gasteiger partial charge is 0.487 e. The van der Waals surface area contributed by atoms with Crippen LogP contribution in [0, 0.1) is 0 Å². The molecule has 1 amide bonds. The number of hydrogen-bond donors (Lipinski definition) is 1. The van der Waals surface area contributed by atoms with Crippen LogP contribution >= 0.6 is 0 Å². The minimum atomic E-state index is -3.74. The van der Waals surface area contributed by atoms with Gasteiger partial charge in [-0.1, -0.05) is 56.3 Å². The molecule has 0 unspecified atom stereocenters. The fourth-order valence-electron chi connectivity index (χ4n) is 4.40. The molecule has 3 aromatic carbocycles. The van der Waals surface area contributed by atoms with Gasteiger partial charge in [0.25, 0.3) is 15.9 Å². The van der Waals surface area contributed by atoms with Gasteiger partial charge in [0, 0.05) is 24.6 Å². The number of fused-ring (bicyclic) bond motifs is 1. The van der Waals surface area contributed by atoms with Gasteiger partial charge < -0.3 is 10.1 Å². The fourth-order valence-corrected chi connectivity index (χ4v) is 5.61. The lowest BCUT2D eigenvalue weighted by atomic mass is 9.83. The molecule has 0 saturated carbocycles. The van der Waals surface area contributed by atoms with Gasteiger partial charge in [0.05, 0.1) is 16.6 Å². The molecule has 1 heterocycles. The molecule has 4 rings (SSSR count). The normalized spacial score (nSPS) is 16.7. The Morgan fingerprint density at radius 1 is 1.00 bits per heavy atom. The van der Waals surface area contributed by atoms with Gasteiger partial charge in [0.1, 0.15) is 11.4 Å². The molecule has 0 aliphatic carbocycles. The van der Waals surface area contributed by atoms with Gasteiger partial charge in [-0.15, -0.1) is 0 Å². The summed E-state index contributed by atoms with van der Waals surface area (Å²) in [6.45, 7) is 4.20. The van der Waals surface area contributed by atoms with Crippen molar-refractivity contribution in [1.29, 1.82) is 0 Å². The van der Waals surface area contributed by atoms with E-state index in [0.29, 0.717) is 17.7 Å². The van der Waals surface area contributed by atoms with Crippen molar-refractivity contribution in [3.8, 4) is 5.75 Å². The van der Waals surface area contributed by atoms with Crippen LogP contribution in [0.5, 0.6) is 5.75 Å². The first-order valence-corrected chi connectivity index (χ1v) is 13.0. The summed E-state index contributed by atoms with van der Waals surface area (Å²) < 4.78 is 33.6. The number of hydrogen-bond acceptors (Lipinski definition) is 4.